The van der Waals surface area contributed by atoms with Gasteiger partial charge in [0.25, 0.3) is 0 Å². The van der Waals surface area contributed by atoms with Gasteiger partial charge in [-0.3, -0.25) is 0 Å². The summed E-state index contributed by atoms with van der Waals surface area (Å²) in [6.07, 6.45) is 2.09. The monoisotopic (exact) mass is 174 g/mol. The lowest BCUT2D eigenvalue weighted by Gasteiger charge is -1.90. The minimum Gasteiger partial charge on any atom is -0.379 e. The van der Waals surface area contributed by atoms with Gasteiger partial charge in [0.1, 0.15) is 0 Å². The first kappa shape index (κ1) is 8.11. The lowest BCUT2D eigenvalue weighted by Crippen LogP contribution is -1.79. The van der Waals surface area contributed by atoms with Gasteiger partial charge in [-0.1, -0.05) is 0 Å². The van der Waals surface area contributed by atoms with Crippen LogP contribution in [0.1, 0.15) is 4.88 Å². The first-order valence-corrected chi connectivity index (χ1v) is 5.02. The molecule has 0 N–H and O–H groups in total. The number of ether oxygens (including phenoxy) is 1. The van der Waals surface area contributed by atoms with Crippen LogP contribution in [0, 0.1) is 0 Å². The lowest BCUT2D eigenvalue weighted by molar-refractivity contribution is 0.187. The van der Waals surface area contributed by atoms with Crippen LogP contribution in [0.4, 0.5) is 0 Å². The summed E-state index contributed by atoms with van der Waals surface area (Å²) in [5.41, 5.74) is 0. The highest BCUT2D eigenvalue weighted by molar-refractivity contribution is 8.00. The predicted octanol–water partition coefficient (Wildman–Crippen LogP) is 2.62. The Kier molecular flexibility index (Phi) is 3.25. The SMILES string of the molecule is COCc1ccc(SC)s1. The number of methoxy groups -OCH3 is 1. The summed E-state index contributed by atoms with van der Waals surface area (Å²) in [4.78, 5) is 1.30. The number of hydrogen-bond donors (Lipinski definition) is 0. The molecule has 0 fully saturated rings. The molecule has 0 saturated carbocycles. The van der Waals surface area contributed by atoms with Gasteiger partial charge in [0.2, 0.25) is 0 Å². The maximum Gasteiger partial charge on any atom is 0.0805 e. The van der Waals surface area contributed by atoms with Crippen LogP contribution >= 0.6 is 23.1 Å². The van der Waals surface area contributed by atoms with Crippen LogP contribution in [0.2, 0.25) is 0 Å². The van der Waals surface area contributed by atoms with E-state index in [9.17, 15) is 0 Å². The third-order valence-electron chi connectivity index (χ3n) is 1.12. The third kappa shape index (κ3) is 2.01. The van der Waals surface area contributed by atoms with E-state index in [-0.39, 0.29) is 0 Å². The summed E-state index contributed by atoms with van der Waals surface area (Å²) in [6, 6.07) is 4.24. The smallest absolute Gasteiger partial charge is 0.0805 e. The fourth-order valence-electron chi connectivity index (χ4n) is 0.688. The standard InChI is InChI=1S/C7H10OS2/c1-8-5-6-3-4-7(9-2)10-6/h3-4H,5H2,1-2H3. The van der Waals surface area contributed by atoms with E-state index in [4.69, 9.17) is 4.74 Å². The molecule has 1 rings (SSSR count). The molecule has 0 atom stereocenters. The lowest BCUT2D eigenvalue weighted by atomic mass is 10.5. The highest BCUT2D eigenvalue weighted by Gasteiger charge is 1.96. The molecule has 0 aliphatic heterocycles. The quantitative estimate of drug-likeness (QED) is 0.651. The Balaban J connectivity index is 2.59. The van der Waals surface area contributed by atoms with E-state index >= 15 is 0 Å². The van der Waals surface area contributed by atoms with Gasteiger partial charge >= 0.3 is 0 Å². The summed E-state index contributed by atoms with van der Waals surface area (Å²) in [6.45, 7) is 0.741. The van der Waals surface area contributed by atoms with Crippen molar-refractivity contribution in [1.82, 2.24) is 0 Å². The second-order valence-electron chi connectivity index (χ2n) is 1.86. The molecule has 0 amide bonds. The molecular formula is C7H10OS2. The first-order chi connectivity index (χ1) is 4.86. The minimum atomic E-state index is 0.741. The van der Waals surface area contributed by atoms with E-state index in [1.165, 1.54) is 9.09 Å². The third-order valence-corrected chi connectivity index (χ3v) is 3.27. The Morgan fingerprint density at radius 2 is 2.40 bits per heavy atom. The number of hydrogen-bond acceptors (Lipinski definition) is 3. The maximum absolute atomic E-state index is 4.99. The zero-order chi connectivity index (χ0) is 7.40. The second-order valence-corrected chi connectivity index (χ2v) is 4.13. The number of thiophene rings is 1. The predicted molar refractivity (Wildman–Crippen MR) is 46.8 cm³/mol. The molecule has 3 heteroatoms. The molecule has 0 unspecified atom stereocenters. The average molecular weight is 174 g/mol. The molecule has 0 radical (unpaired) electrons. The highest BCUT2D eigenvalue weighted by atomic mass is 32.2. The molecule has 1 aromatic rings. The van der Waals surface area contributed by atoms with Crippen molar-refractivity contribution < 1.29 is 4.74 Å². The molecule has 1 aromatic heterocycles. The molecule has 0 aromatic carbocycles. The summed E-state index contributed by atoms with van der Waals surface area (Å²) in [5, 5.41) is 0. The van der Waals surface area contributed by atoms with Crippen LogP contribution in [0.15, 0.2) is 16.3 Å². The molecule has 0 aliphatic carbocycles. The van der Waals surface area contributed by atoms with Crippen molar-refractivity contribution >= 4 is 23.1 Å². The van der Waals surface area contributed by atoms with Gasteiger partial charge in [-0.15, -0.1) is 23.1 Å². The van der Waals surface area contributed by atoms with Gasteiger partial charge in [0.05, 0.1) is 10.8 Å². The Labute approximate surface area is 69.4 Å². The van der Waals surface area contributed by atoms with Crippen molar-refractivity contribution in [3.05, 3.63) is 17.0 Å². The Morgan fingerprint density at radius 1 is 1.60 bits per heavy atom. The van der Waals surface area contributed by atoms with Gasteiger partial charge in [0.15, 0.2) is 0 Å². The van der Waals surface area contributed by atoms with E-state index in [2.05, 4.69) is 18.4 Å². The van der Waals surface area contributed by atoms with Gasteiger partial charge in [-0.05, 0) is 18.4 Å². The molecular weight excluding hydrogens is 164 g/mol. The van der Waals surface area contributed by atoms with Crippen LogP contribution in [0.5, 0.6) is 0 Å². The van der Waals surface area contributed by atoms with Crippen molar-refractivity contribution in [2.75, 3.05) is 13.4 Å². The topological polar surface area (TPSA) is 9.23 Å². The van der Waals surface area contributed by atoms with Gasteiger partial charge in [-0.2, -0.15) is 0 Å². The molecule has 0 spiro atoms. The summed E-state index contributed by atoms with van der Waals surface area (Å²) in [7, 11) is 1.72. The molecule has 0 saturated heterocycles. The van der Waals surface area contributed by atoms with E-state index < -0.39 is 0 Å². The van der Waals surface area contributed by atoms with Crippen molar-refractivity contribution in [3.8, 4) is 0 Å². The summed E-state index contributed by atoms with van der Waals surface area (Å²) >= 11 is 3.57. The summed E-state index contributed by atoms with van der Waals surface area (Å²) < 4.78 is 6.34. The van der Waals surface area contributed by atoms with E-state index in [0.29, 0.717) is 0 Å². The van der Waals surface area contributed by atoms with E-state index in [1.54, 1.807) is 30.2 Å². The van der Waals surface area contributed by atoms with Gasteiger partial charge < -0.3 is 4.74 Å². The Morgan fingerprint density at radius 3 is 2.90 bits per heavy atom. The maximum atomic E-state index is 4.99. The molecule has 56 valence electrons. The van der Waals surface area contributed by atoms with Crippen molar-refractivity contribution in [3.63, 3.8) is 0 Å². The van der Waals surface area contributed by atoms with Crippen molar-refractivity contribution in [2.24, 2.45) is 0 Å². The minimum absolute atomic E-state index is 0.741. The first-order valence-electron chi connectivity index (χ1n) is 2.98. The number of thioether (sulfide) groups is 1. The number of rotatable bonds is 3. The zero-order valence-electron chi connectivity index (χ0n) is 6.09. The van der Waals surface area contributed by atoms with E-state index in [0.717, 1.165) is 6.61 Å². The Bertz CT molecular complexity index is 195. The second kappa shape index (κ2) is 4.01. The highest BCUT2D eigenvalue weighted by Crippen LogP contribution is 2.25. The largest absolute Gasteiger partial charge is 0.379 e. The average Bonchev–Trinajstić information content (AvgIpc) is 2.37. The fourth-order valence-corrected chi connectivity index (χ4v) is 2.25. The molecule has 1 nitrogen and oxygen atoms in total. The van der Waals surface area contributed by atoms with E-state index in [1.807, 2.05) is 0 Å². The molecule has 0 aliphatic rings. The molecule has 0 bridgehead atoms. The van der Waals surface area contributed by atoms with Crippen LogP contribution in [-0.2, 0) is 11.3 Å². The Hall–Kier alpha value is 0.01000. The zero-order valence-corrected chi connectivity index (χ0v) is 7.72. The van der Waals surface area contributed by atoms with Crippen LogP contribution < -0.4 is 0 Å². The molecule has 10 heavy (non-hydrogen) atoms. The molecule has 1 heterocycles. The van der Waals surface area contributed by atoms with Gasteiger partial charge in [0, 0.05) is 12.0 Å². The van der Waals surface area contributed by atoms with Gasteiger partial charge in [-0.25, -0.2) is 0 Å². The van der Waals surface area contributed by atoms with Crippen LogP contribution in [-0.4, -0.2) is 13.4 Å². The van der Waals surface area contributed by atoms with Crippen LogP contribution in [0.3, 0.4) is 0 Å². The van der Waals surface area contributed by atoms with Crippen molar-refractivity contribution in [1.29, 1.82) is 0 Å². The normalized spacial score (nSPS) is 10.2. The van der Waals surface area contributed by atoms with Crippen molar-refractivity contribution in [2.45, 2.75) is 10.8 Å². The van der Waals surface area contributed by atoms with Crippen LogP contribution in [0.25, 0.3) is 0 Å². The fraction of sp³-hybridized carbons (Fsp3) is 0.429. The summed E-state index contributed by atoms with van der Waals surface area (Å²) in [5.74, 6) is 0.